The Labute approximate surface area is 113 Å². The lowest BCUT2D eigenvalue weighted by Crippen LogP contribution is -2.15. The van der Waals surface area contributed by atoms with Crippen LogP contribution in [0.25, 0.3) is 11.0 Å². The third kappa shape index (κ3) is 2.25. The predicted octanol–water partition coefficient (Wildman–Crippen LogP) is 3.85. The number of alkyl halides is 1. The molecule has 2 atom stereocenters. The zero-order valence-electron chi connectivity index (χ0n) is 11.3. The molecule has 0 amide bonds. The van der Waals surface area contributed by atoms with Crippen LogP contribution in [0.2, 0.25) is 0 Å². The third-order valence-electron chi connectivity index (χ3n) is 3.14. The minimum absolute atomic E-state index is 0.115. The molecule has 0 saturated carbocycles. The predicted molar refractivity (Wildman–Crippen MR) is 75.3 cm³/mol. The van der Waals surface area contributed by atoms with Gasteiger partial charge in [0.25, 0.3) is 0 Å². The van der Waals surface area contributed by atoms with Crippen LogP contribution in [0, 0.1) is 6.92 Å². The molecule has 0 fully saturated rings. The molecule has 1 heterocycles. The van der Waals surface area contributed by atoms with Gasteiger partial charge in [-0.15, -0.1) is 11.6 Å². The molecule has 0 aliphatic heterocycles. The number of fused-ring (bicyclic) bond motifs is 1. The van der Waals surface area contributed by atoms with Crippen LogP contribution in [0.3, 0.4) is 0 Å². The van der Waals surface area contributed by atoms with Crippen LogP contribution in [0.5, 0.6) is 0 Å². The molecule has 0 aliphatic rings. The van der Waals surface area contributed by atoms with Crippen LogP contribution in [0.15, 0.2) is 18.2 Å². The summed E-state index contributed by atoms with van der Waals surface area (Å²) in [5, 5.41) is -0.115. The molecule has 0 spiro atoms. The number of halogens is 1. The van der Waals surface area contributed by atoms with E-state index in [9.17, 15) is 0 Å². The summed E-state index contributed by atoms with van der Waals surface area (Å²) >= 11 is 6.25. The number of benzene rings is 1. The Balaban J connectivity index is 2.68. The second-order valence-electron chi connectivity index (χ2n) is 4.70. The fourth-order valence-electron chi connectivity index (χ4n) is 2.38. The minimum Gasteiger partial charge on any atom is -0.383 e. The largest absolute Gasteiger partial charge is 0.383 e. The van der Waals surface area contributed by atoms with Crippen LogP contribution in [-0.4, -0.2) is 23.3 Å². The molecule has 1 aromatic carbocycles. The Morgan fingerprint density at radius 2 is 2.11 bits per heavy atom. The lowest BCUT2D eigenvalue weighted by atomic mass is 10.2. The number of para-hydroxylation sites is 1. The van der Waals surface area contributed by atoms with Gasteiger partial charge < -0.3 is 9.30 Å². The van der Waals surface area contributed by atoms with Crippen molar-refractivity contribution in [2.24, 2.45) is 0 Å². The number of rotatable bonds is 4. The number of aromatic nitrogens is 2. The molecule has 98 valence electrons. The van der Waals surface area contributed by atoms with E-state index in [1.54, 1.807) is 7.11 Å². The lowest BCUT2D eigenvalue weighted by molar-refractivity contribution is 0.162. The first-order valence-electron chi connectivity index (χ1n) is 6.16. The monoisotopic (exact) mass is 266 g/mol. The molecule has 2 rings (SSSR count). The average Bonchev–Trinajstić information content (AvgIpc) is 2.70. The van der Waals surface area contributed by atoms with E-state index in [4.69, 9.17) is 16.3 Å². The highest BCUT2D eigenvalue weighted by Gasteiger charge is 2.19. The van der Waals surface area contributed by atoms with E-state index in [-0.39, 0.29) is 11.4 Å². The van der Waals surface area contributed by atoms with Crippen LogP contribution in [-0.2, 0) is 4.74 Å². The fourth-order valence-corrected chi connectivity index (χ4v) is 2.54. The highest BCUT2D eigenvalue weighted by atomic mass is 35.5. The van der Waals surface area contributed by atoms with Gasteiger partial charge in [0, 0.05) is 7.11 Å². The van der Waals surface area contributed by atoms with Gasteiger partial charge in [-0.3, -0.25) is 0 Å². The van der Waals surface area contributed by atoms with Crippen molar-refractivity contribution in [3.8, 4) is 0 Å². The van der Waals surface area contributed by atoms with E-state index in [2.05, 4.69) is 29.5 Å². The molecule has 18 heavy (non-hydrogen) atoms. The number of nitrogens with zero attached hydrogens (tertiary/aromatic N) is 2. The van der Waals surface area contributed by atoms with Crippen molar-refractivity contribution in [2.75, 3.05) is 13.7 Å². The van der Waals surface area contributed by atoms with Crippen LogP contribution in [0.1, 0.15) is 36.7 Å². The summed E-state index contributed by atoms with van der Waals surface area (Å²) in [6.45, 7) is 6.83. The van der Waals surface area contributed by atoms with Gasteiger partial charge >= 0.3 is 0 Å². The van der Waals surface area contributed by atoms with Crippen molar-refractivity contribution >= 4 is 22.6 Å². The van der Waals surface area contributed by atoms with Gasteiger partial charge in [0.2, 0.25) is 0 Å². The molecule has 0 aliphatic carbocycles. The minimum atomic E-state index is -0.115. The molecule has 0 saturated heterocycles. The van der Waals surface area contributed by atoms with Gasteiger partial charge in [0.15, 0.2) is 0 Å². The van der Waals surface area contributed by atoms with Crippen molar-refractivity contribution in [1.29, 1.82) is 0 Å². The Kier molecular flexibility index (Phi) is 3.93. The summed E-state index contributed by atoms with van der Waals surface area (Å²) in [6.07, 6.45) is 0. The molecule has 4 heteroatoms. The maximum absolute atomic E-state index is 6.25. The Hall–Kier alpha value is -1.06. The van der Waals surface area contributed by atoms with Crippen molar-refractivity contribution in [3.63, 3.8) is 0 Å². The number of aryl methyl sites for hydroxylation is 1. The zero-order chi connectivity index (χ0) is 13.3. The van der Waals surface area contributed by atoms with E-state index in [1.165, 1.54) is 5.56 Å². The second kappa shape index (κ2) is 5.29. The van der Waals surface area contributed by atoms with E-state index < -0.39 is 0 Å². The maximum atomic E-state index is 6.25. The second-order valence-corrected chi connectivity index (χ2v) is 5.36. The SMILES string of the molecule is COCC(C)n1c(C(C)Cl)nc2cccc(C)c21. The van der Waals surface area contributed by atoms with Crippen molar-refractivity contribution in [2.45, 2.75) is 32.2 Å². The van der Waals surface area contributed by atoms with E-state index >= 15 is 0 Å². The highest BCUT2D eigenvalue weighted by Crippen LogP contribution is 2.29. The van der Waals surface area contributed by atoms with Gasteiger partial charge in [-0.2, -0.15) is 0 Å². The number of imidazole rings is 1. The number of methoxy groups -OCH3 is 1. The molecule has 1 aromatic heterocycles. The quantitative estimate of drug-likeness (QED) is 0.786. The fraction of sp³-hybridized carbons (Fsp3) is 0.500. The first kappa shape index (κ1) is 13.4. The summed E-state index contributed by atoms with van der Waals surface area (Å²) in [6, 6.07) is 6.37. The summed E-state index contributed by atoms with van der Waals surface area (Å²) in [4.78, 5) is 4.65. The molecular weight excluding hydrogens is 248 g/mol. The molecule has 0 N–H and O–H groups in total. The summed E-state index contributed by atoms with van der Waals surface area (Å²) in [5.41, 5.74) is 3.37. The first-order valence-corrected chi connectivity index (χ1v) is 6.60. The number of hydrogen-bond acceptors (Lipinski definition) is 2. The van der Waals surface area contributed by atoms with E-state index in [0.717, 1.165) is 16.9 Å². The van der Waals surface area contributed by atoms with E-state index in [0.29, 0.717) is 6.61 Å². The molecule has 3 nitrogen and oxygen atoms in total. The Morgan fingerprint density at radius 3 is 2.72 bits per heavy atom. The molecule has 0 radical (unpaired) electrons. The van der Waals surface area contributed by atoms with Crippen LogP contribution in [0.4, 0.5) is 0 Å². The molecular formula is C14H19ClN2O. The molecule has 2 aromatic rings. The van der Waals surface area contributed by atoms with Crippen LogP contribution < -0.4 is 0 Å². The molecule has 2 unspecified atom stereocenters. The molecule has 0 bridgehead atoms. The average molecular weight is 267 g/mol. The number of hydrogen-bond donors (Lipinski definition) is 0. The van der Waals surface area contributed by atoms with Gasteiger partial charge in [-0.1, -0.05) is 12.1 Å². The Bertz CT molecular complexity index is 548. The summed E-state index contributed by atoms with van der Waals surface area (Å²) in [7, 11) is 1.71. The topological polar surface area (TPSA) is 27.1 Å². The third-order valence-corrected chi connectivity index (χ3v) is 3.34. The van der Waals surface area contributed by atoms with E-state index in [1.807, 2.05) is 19.1 Å². The van der Waals surface area contributed by atoms with Gasteiger partial charge in [-0.25, -0.2) is 4.98 Å². The summed E-state index contributed by atoms with van der Waals surface area (Å²) < 4.78 is 7.46. The van der Waals surface area contributed by atoms with Gasteiger partial charge in [-0.05, 0) is 32.4 Å². The van der Waals surface area contributed by atoms with Crippen molar-refractivity contribution in [3.05, 3.63) is 29.6 Å². The Morgan fingerprint density at radius 1 is 1.39 bits per heavy atom. The maximum Gasteiger partial charge on any atom is 0.128 e. The smallest absolute Gasteiger partial charge is 0.128 e. The van der Waals surface area contributed by atoms with Crippen molar-refractivity contribution in [1.82, 2.24) is 9.55 Å². The standard InChI is InChI=1S/C14H19ClN2O/c1-9-6-5-7-12-13(9)17(10(2)8-18-4)14(16-12)11(3)15/h5-7,10-11H,8H2,1-4H3. The first-order chi connectivity index (χ1) is 8.56. The lowest BCUT2D eigenvalue weighted by Gasteiger charge is -2.18. The van der Waals surface area contributed by atoms with Gasteiger partial charge in [0.05, 0.1) is 29.1 Å². The number of ether oxygens (including phenoxy) is 1. The van der Waals surface area contributed by atoms with Crippen molar-refractivity contribution < 1.29 is 4.74 Å². The van der Waals surface area contributed by atoms with Gasteiger partial charge in [0.1, 0.15) is 5.82 Å². The van der Waals surface area contributed by atoms with Crippen LogP contribution >= 0.6 is 11.6 Å². The highest BCUT2D eigenvalue weighted by molar-refractivity contribution is 6.20. The zero-order valence-corrected chi connectivity index (χ0v) is 12.0. The normalized spacial score (nSPS) is 14.9. The summed E-state index contributed by atoms with van der Waals surface area (Å²) in [5.74, 6) is 0.908.